The van der Waals surface area contributed by atoms with Gasteiger partial charge >= 0.3 is 6.03 Å². The van der Waals surface area contributed by atoms with Crippen molar-refractivity contribution in [1.29, 1.82) is 0 Å². The smallest absolute Gasteiger partial charge is 0.319 e. The van der Waals surface area contributed by atoms with Gasteiger partial charge in [-0.25, -0.2) is 9.18 Å². The third-order valence-corrected chi connectivity index (χ3v) is 5.34. The predicted octanol–water partition coefficient (Wildman–Crippen LogP) is 3.31. The van der Waals surface area contributed by atoms with E-state index < -0.39 is 6.10 Å². The summed E-state index contributed by atoms with van der Waals surface area (Å²) in [6.45, 7) is 2.42. The number of aliphatic hydroxyl groups excluding tert-OH is 1. The number of hydrogen-bond donors (Lipinski definition) is 4. The highest BCUT2D eigenvalue weighted by Gasteiger charge is 2.14. The molecule has 0 bridgehead atoms. The average Bonchev–Trinajstić information content (AvgIpc) is 3.36. The van der Waals surface area contributed by atoms with Crippen LogP contribution in [0.3, 0.4) is 0 Å². The summed E-state index contributed by atoms with van der Waals surface area (Å²) in [6, 6.07) is 12.4. The van der Waals surface area contributed by atoms with E-state index in [2.05, 4.69) is 16.0 Å². The number of amides is 2. The summed E-state index contributed by atoms with van der Waals surface area (Å²) in [6.07, 6.45) is 4.52. The third-order valence-electron chi connectivity index (χ3n) is 5.34. The summed E-state index contributed by atoms with van der Waals surface area (Å²) < 4.78 is 29.9. The van der Waals surface area contributed by atoms with Gasteiger partial charge in [0.05, 0.1) is 12.7 Å². The van der Waals surface area contributed by atoms with Gasteiger partial charge in [0, 0.05) is 25.3 Å². The van der Waals surface area contributed by atoms with Crippen molar-refractivity contribution in [3.05, 3.63) is 54.3 Å². The van der Waals surface area contributed by atoms with E-state index in [-0.39, 0.29) is 18.5 Å². The molecule has 0 saturated heterocycles. The number of anilines is 1. The molecule has 2 aromatic carbocycles. The maximum atomic E-state index is 12.9. The summed E-state index contributed by atoms with van der Waals surface area (Å²) in [4.78, 5) is 11.8. The van der Waals surface area contributed by atoms with Gasteiger partial charge in [0.15, 0.2) is 0 Å². The molecule has 0 heterocycles. The van der Waals surface area contributed by atoms with Crippen molar-refractivity contribution in [1.82, 2.24) is 10.6 Å². The van der Waals surface area contributed by atoms with E-state index in [0.29, 0.717) is 50.4 Å². The lowest BCUT2D eigenvalue weighted by atomic mass is 10.3. The van der Waals surface area contributed by atoms with Gasteiger partial charge in [-0.3, -0.25) is 0 Å². The second-order valence-corrected chi connectivity index (χ2v) is 8.15. The SMILES string of the molecule is O=C(NCCNCC(O)COc1ccc(OCCOC2CCCC2)cc1)Nc1ccc(F)cc1. The van der Waals surface area contributed by atoms with Crippen LogP contribution in [0.4, 0.5) is 14.9 Å². The Morgan fingerprint density at radius 2 is 1.65 bits per heavy atom. The molecule has 0 spiro atoms. The zero-order chi connectivity index (χ0) is 24.0. The van der Waals surface area contributed by atoms with Crippen molar-refractivity contribution in [3.8, 4) is 11.5 Å². The van der Waals surface area contributed by atoms with Gasteiger partial charge in [-0.15, -0.1) is 0 Å². The molecule has 1 aliphatic rings. The number of halogens is 1. The Balaban J connectivity index is 1.19. The Bertz CT molecular complexity index is 845. The van der Waals surface area contributed by atoms with Crippen LogP contribution in [-0.4, -0.2) is 62.8 Å². The number of carbonyl (C=O) groups excluding carboxylic acids is 1. The zero-order valence-electron chi connectivity index (χ0n) is 19.3. The van der Waals surface area contributed by atoms with Crippen LogP contribution < -0.4 is 25.4 Å². The molecule has 1 saturated carbocycles. The van der Waals surface area contributed by atoms with Gasteiger partial charge < -0.3 is 35.3 Å². The molecule has 2 amide bonds. The number of nitrogens with one attached hydrogen (secondary N) is 3. The summed E-state index contributed by atoms with van der Waals surface area (Å²) in [5, 5.41) is 18.4. The Kier molecular flexibility index (Phi) is 10.9. The fourth-order valence-electron chi connectivity index (χ4n) is 3.55. The second kappa shape index (κ2) is 14.4. The van der Waals surface area contributed by atoms with Crippen molar-refractivity contribution < 1.29 is 28.5 Å². The van der Waals surface area contributed by atoms with E-state index in [4.69, 9.17) is 14.2 Å². The van der Waals surface area contributed by atoms with E-state index in [1.54, 1.807) is 12.1 Å². The van der Waals surface area contributed by atoms with E-state index in [9.17, 15) is 14.3 Å². The molecule has 186 valence electrons. The molecule has 3 rings (SSSR count). The Labute approximate surface area is 199 Å². The van der Waals surface area contributed by atoms with Crippen LogP contribution in [0.2, 0.25) is 0 Å². The lowest BCUT2D eigenvalue weighted by Gasteiger charge is -2.14. The lowest BCUT2D eigenvalue weighted by molar-refractivity contribution is 0.0382. The van der Waals surface area contributed by atoms with Gasteiger partial charge in [-0.05, 0) is 61.4 Å². The first kappa shape index (κ1) is 25.7. The molecule has 1 fully saturated rings. The van der Waals surface area contributed by atoms with Crippen molar-refractivity contribution in [2.24, 2.45) is 0 Å². The monoisotopic (exact) mass is 475 g/mol. The van der Waals surface area contributed by atoms with Crippen molar-refractivity contribution >= 4 is 11.7 Å². The van der Waals surface area contributed by atoms with E-state index >= 15 is 0 Å². The summed E-state index contributed by atoms with van der Waals surface area (Å²) in [5.74, 6) is 1.03. The standard InChI is InChI=1S/C25H34FN3O5/c26-19-5-7-20(8-6-19)29-25(31)28-14-13-27-17-21(30)18-34-24-11-9-23(10-12-24)33-16-15-32-22-3-1-2-4-22/h5-12,21-22,27,30H,1-4,13-18H2,(H2,28,29,31). The topological polar surface area (TPSA) is 101 Å². The molecular weight excluding hydrogens is 441 g/mol. The first-order valence-electron chi connectivity index (χ1n) is 11.7. The summed E-state index contributed by atoms with van der Waals surface area (Å²) in [5.41, 5.74) is 0.507. The lowest BCUT2D eigenvalue weighted by Crippen LogP contribution is -2.38. The first-order chi connectivity index (χ1) is 16.6. The van der Waals surface area contributed by atoms with Gasteiger partial charge in [0.2, 0.25) is 0 Å². The number of aliphatic hydroxyl groups is 1. The molecule has 0 aromatic heterocycles. The highest BCUT2D eigenvalue weighted by molar-refractivity contribution is 5.89. The van der Waals surface area contributed by atoms with E-state index in [0.717, 1.165) is 18.6 Å². The molecule has 1 atom stereocenters. The zero-order valence-corrected chi connectivity index (χ0v) is 19.3. The second-order valence-electron chi connectivity index (χ2n) is 8.15. The minimum absolute atomic E-state index is 0.140. The Morgan fingerprint density at radius 3 is 2.35 bits per heavy atom. The Hall–Kier alpha value is -2.88. The molecule has 2 aromatic rings. The van der Waals surface area contributed by atoms with Crippen molar-refractivity contribution in [2.75, 3.05) is 44.8 Å². The number of rotatable bonds is 14. The average molecular weight is 476 g/mol. The van der Waals surface area contributed by atoms with Crippen LogP contribution in [0.5, 0.6) is 11.5 Å². The minimum atomic E-state index is -0.697. The quantitative estimate of drug-likeness (QED) is 0.313. The van der Waals surface area contributed by atoms with Gasteiger partial charge in [0.1, 0.15) is 36.6 Å². The van der Waals surface area contributed by atoms with Crippen LogP contribution in [0.1, 0.15) is 25.7 Å². The van der Waals surface area contributed by atoms with Crippen LogP contribution >= 0.6 is 0 Å². The molecule has 0 radical (unpaired) electrons. The molecular formula is C25H34FN3O5. The normalized spacial score (nSPS) is 14.5. The van der Waals surface area contributed by atoms with Crippen molar-refractivity contribution in [2.45, 2.75) is 37.9 Å². The maximum Gasteiger partial charge on any atom is 0.319 e. The molecule has 1 aliphatic carbocycles. The summed E-state index contributed by atoms with van der Waals surface area (Å²) in [7, 11) is 0. The Morgan fingerprint density at radius 1 is 0.971 bits per heavy atom. The van der Waals surface area contributed by atoms with Crippen LogP contribution in [0.25, 0.3) is 0 Å². The third kappa shape index (κ3) is 9.94. The van der Waals surface area contributed by atoms with Crippen molar-refractivity contribution in [3.63, 3.8) is 0 Å². The maximum absolute atomic E-state index is 12.9. The first-order valence-corrected chi connectivity index (χ1v) is 11.7. The van der Waals surface area contributed by atoms with Crippen LogP contribution in [0, 0.1) is 5.82 Å². The van der Waals surface area contributed by atoms with E-state index in [1.165, 1.54) is 37.1 Å². The van der Waals surface area contributed by atoms with Gasteiger partial charge in [-0.1, -0.05) is 12.8 Å². The molecule has 0 aliphatic heterocycles. The highest BCUT2D eigenvalue weighted by Crippen LogP contribution is 2.21. The molecule has 8 nitrogen and oxygen atoms in total. The number of hydrogen-bond acceptors (Lipinski definition) is 6. The molecule has 34 heavy (non-hydrogen) atoms. The van der Waals surface area contributed by atoms with Gasteiger partial charge in [0.25, 0.3) is 0 Å². The number of benzene rings is 2. The molecule has 9 heteroatoms. The fraction of sp³-hybridized carbons (Fsp3) is 0.480. The molecule has 4 N–H and O–H groups in total. The molecule has 1 unspecified atom stereocenters. The predicted molar refractivity (Wildman–Crippen MR) is 128 cm³/mol. The number of carbonyl (C=O) groups is 1. The van der Waals surface area contributed by atoms with Crippen LogP contribution in [0.15, 0.2) is 48.5 Å². The highest BCUT2D eigenvalue weighted by atomic mass is 19.1. The fourth-order valence-corrected chi connectivity index (χ4v) is 3.55. The largest absolute Gasteiger partial charge is 0.491 e. The van der Waals surface area contributed by atoms with E-state index in [1.807, 2.05) is 12.1 Å². The minimum Gasteiger partial charge on any atom is -0.491 e. The number of urea groups is 1. The number of ether oxygens (including phenoxy) is 3. The van der Waals surface area contributed by atoms with Crippen LogP contribution in [-0.2, 0) is 4.74 Å². The van der Waals surface area contributed by atoms with Gasteiger partial charge in [-0.2, -0.15) is 0 Å². The summed E-state index contributed by atoms with van der Waals surface area (Å²) >= 11 is 0.